The van der Waals surface area contributed by atoms with Crippen LogP contribution in [0.5, 0.6) is 5.75 Å². The van der Waals surface area contributed by atoms with Crippen molar-refractivity contribution in [2.75, 3.05) is 12.4 Å². The summed E-state index contributed by atoms with van der Waals surface area (Å²) in [4.78, 5) is 24.6. The predicted molar refractivity (Wildman–Crippen MR) is 88.8 cm³/mol. The van der Waals surface area contributed by atoms with Crippen molar-refractivity contribution in [2.45, 2.75) is 19.3 Å². The van der Waals surface area contributed by atoms with Gasteiger partial charge in [0, 0.05) is 19.2 Å². The maximum absolute atomic E-state index is 13.5. The molecule has 24 heavy (non-hydrogen) atoms. The molecule has 3 rings (SSSR count). The smallest absolute Gasteiger partial charge is 0.274 e. The minimum absolute atomic E-state index is 0.0207. The van der Waals surface area contributed by atoms with Crippen molar-refractivity contribution in [3.8, 4) is 5.75 Å². The van der Waals surface area contributed by atoms with Crippen LogP contribution in [-0.2, 0) is 11.8 Å². The first-order chi connectivity index (χ1) is 11.4. The van der Waals surface area contributed by atoms with E-state index in [1.54, 1.807) is 38.4 Å². The summed E-state index contributed by atoms with van der Waals surface area (Å²) in [5, 5.41) is 2.74. The molecule has 2 atom stereocenters. The van der Waals surface area contributed by atoms with Gasteiger partial charge in [0.25, 0.3) is 5.56 Å². The SMILES string of the molecule is COc1cc([C@@H]2C[C@H]2C(=O)Nc2c(C)ccn(C)c2=O)ccc1F. The van der Waals surface area contributed by atoms with Crippen molar-refractivity contribution in [2.24, 2.45) is 13.0 Å². The van der Waals surface area contributed by atoms with Gasteiger partial charge in [0.1, 0.15) is 5.69 Å². The number of hydrogen-bond acceptors (Lipinski definition) is 3. The van der Waals surface area contributed by atoms with E-state index in [0.29, 0.717) is 12.1 Å². The second-order valence-corrected chi connectivity index (χ2v) is 6.12. The second-order valence-electron chi connectivity index (χ2n) is 6.12. The number of rotatable bonds is 4. The van der Waals surface area contributed by atoms with Gasteiger partial charge in [0.2, 0.25) is 5.91 Å². The Balaban J connectivity index is 1.75. The fraction of sp³-hybridized carbons (Fsp3) is 0.333. The topological polar surface area (TPSA) is 60.3 Å². The number of nitrogens with zero attached hydrogens (tertiary/aromatic N) is 1. The Morgan fingerprint density at radius 2 is 2.12 bits per heavy atom. The average Bonchev–Trinajstić information content (AvgIpc) is 3.36. The molecule has 0 radical (unpaired) electrons. The molecular weight excluding hydrogens is 311 g/mol. The van der Waals surface area contributed by atoms with Gasteiger partial charge in [0.05, 0.1) is 7.11 Å². The Hall–Kier alpha value is -2.63. The molecule has 1 saturated carbocycles. The van der Waals surface area contributed by atoms with E-state index in [4.69, 9.17) is 4.74 Å². The minimum atomic E-state index is -0.425. The molecule has 1 N–H and O–H groups in total. The van der Waals surface area contributed by atoms with Crippen LogP contribution >= 0.6 is 0 Å². The summed E-state index contributed by atoms with van der Waals surface area (Å²) in [6, 6.07) is 6.42. The largest absolute Gasteiger partial charge is 0.494 e. The molecule has 0 bridgehead atoms. The molecule has 126 valence electrons. The fourth-order valence-electron chi connectivity index (χ4n) is 2.85. The number of aromatic nitrogens is 1. The fourth-order valence-corrected chi connectivity index (χ4v) is 2.85. The number of carbonyl (C=O) groups excluding carboxylic acids is 1. The van der Waals surface area contributed by atoms with Crippen LogP contribution in [0.3, 0.4) is 0 Å². The molecular formula is C18H19FN2O3. The van der Waals surface area contributed by atoms with Gasteiger partial charge in [-0.3, -0.25) is 9.59 Å². The van der Waals surface area contributed by atoms with E-state index in [1.165, 1.54) is 17.7 Å². The number of benzene rings is 1. The number of hydrogen-bond donors (Lipinski definition) is 1. The number of pyridine rings is 1. The molecule has 1 fully saturated rings. The number of halogens is 1. The molecule has 0 spiro atoms. The third kappa shape index (κ3) is 2.91. The maximum atomic E-state index is 13.5. The molecule has 1 aromatic heterocycles. The standard InChI is InChI=1S/C18H19FN2O3/c1-10-6-7-21(2)18(23)16(10)20-17(22)13-9-12(13)11-4-5-14(19)15(8-11)24-3/h4-8,12-13H,9H2,1-3H3,(H,20,22)/t12-,13+/m0/s1. The first-order valence-electron chi connectivity index (χ1n) is 7.73. The van der Waals surface area contributed by atoms with Crippen LogP contribution in [0.2, 0.25) is 0 Å². The molecule has 5 nitrogen and oxygen atoms in total. The van der Waals surface area contributed by atoms with E-state index in [1.807, 2.05) is 0 Å². The molecule has 0 unspecified atom stereocenters. The number of methoxy groups -OCH3 is 1. The van der Waals surface area contributed by atoms with Gasteiger partial charge >= 0.3 is 0 Å². The van der Waals surface area contributed by atoms with Gasteiger partial charge in [-0.2, -0.15) is 0 Å². The number of ether oxygens (including phenoxy) is 1. The summed E-state index contributed by atoms with van der Waals surface area (Å²) in [5.41, 5.74) is 1.68. The van der Waals surface area contributed by atoms with Crippen LogP contribution in [0.15, 0.2) is 35.3 Å². The summed E-state index contributed by atoms with van der Waals surface area (Å²) < 4.78 is 19.9. The van der Waals surface area contributed by atoms with Crippen molar-refractivity contribution in [1.82, 2.24) is 4.57 Å². The monoisotopic (exact) mass is 330 g/mol. The lowest BCUT2D eigenvalue weighted by Gasteiger charge is -2.09. The Bertz CT molecular complexity index is 860. The summed E-state index contributed by atoms with van der Waals surface area (Å²) >= 11 is 0. The van der Waals surface area contributed by atoms with Gasteiger partial charge in [0.15, 0.2) is 11.6 Å². The van der Waals surface area contributed by atoms with E-state index < -0.39 is 5.82 Å². The van der Waals surface area contributed by atoms with E-state index in [9.17, 15) is 14.0 Å². The molecule has 6 heteroatoms. The lowest BCUT2D eigenvalue weighted by Crippen LogP contribution is -2.26. The van der Waals surface area contributed by atoms with E-state index >= 15 is 0 Å². The highest BCUT2D eigenvalue weighted by atomic mass is 19.1. The zero-order chi connectivity index (χ0) is 17.4. The van der Waals surface area contributed by atoms with Crippen molar-refractivity contribution in [3.63, 3.8) is 0 Å². The molecule has 1 aliphatic rings. The summed E-state index contributed by atoms with van der Waals surface area (Å²) in [5.74, 6) is -0.635. The van der Waals surface area contributed by atoms with Gasteiger partial charge in [-0.15, -0.1) is 0 Å². The highest BCUT2D eigenvalue weighted by Gasteiger charge is 2.44. The lowest BCUT2D eigenvalue weighted by molar-refractivity contribution is -0.117. The predicted octanol–water partition coefficient (Wildman–Crippen LogP) is 2.58. The second kappa shape index (κ2) is 6.11. The van der Waals surface area contributed by atoms with Gasteiger partial charge in [-0.05, 0) is 48.6 Å². The molecule has 1 aromatic carbocycles. The van der Waals surface area contributed by atoms with E-state index in [-0.39, 0.29) is 29.1 Å². The van der Waals surface area contributed by atoms with Crippen LogP contribution in [0.1, 0.15) is 23.5 Å². The highest BCUT2D eigenvalue weighted by Crippen LogP contribution is 2.48. The Labute approximate surface area is 139 Å². The normalized spacial score (nSPS) is 19.0. The van der Waals surface area contributed by atoms with Crippen LogP contribution in [0, 0.1) is 18.7 Å². The number of anilines is 1. The third-order valence-corrected chi connectivity index (χ3v) is 4.46. The van der Waals surface area contributed by atoms with Crippen LogP contribution < -0.4 is 15.6 Å². The molecule has 1 amide bonds. The third-order valence-electron chi connectivity index (χ3n) is 4.46. The molecule has 2 aromatic rings. The summed E-state index contributed by atoms with van der Waals surface area (Å²) in [7, 11) is 3.05. The summed E-state index contributed by atoms with van der Waals surface area (Å²) in [6.45, 7) is 1.78. The Kier molecular flexibility index (Phi) is 4.13. The Morgan fingerprint density at radius 1 is 1.38 bits per heavy atom. The minimum Gasteiger partial charge on any atom is -0.494 e. The number of amides is 1. The quantitative estimate of drug-likeness (QED) is 0.937. The van der Waals surface area contributed by atoms with Crippen molar-refractivity contribution >= 4 is 11.6 Å². The van der Waals surface area contributed by atoms with Gasteiger partial charge < -0.3 is 14.6 Å². The number of carbonyl (C=O) groups is 1. The van der Waals surface area contributed by atoms with Gasteiger partial charge in [-0.25, -0.2) is 4.39 Å². The Morgan fingerprint density at radius 3 is 2.83 bits per heavy atom. The van der Waals surface area contributed by atoms with Crippen molar-refractivity contribution in [1.29, 1.82) is 0 Å². The first kappa shape index (κ1) is 16.2. The zero-order valence-electron chi connectivity index (χ0n) is 13.8. The summed E-state index contributed by atoms with van der Waals surface area (Å²) in [6.07, 6.45) is 2.34. The van der Waals surface area contributed by atoms with Crippen molar-refractivity contribution < 1.29 is 13.9 Å². The highest BCUT2D eigenvalue weighted by molar-refractivity contribution is 5.95. The molecule has 0 saturated heterocycles. The number of aryl methyl sites for hydroxylation is 2. The van der Waals surface area contributed by atoms with Crippen LogP contribution in [0.25, 0.3) is 0 Å². The number of nitrogens with one attached hydrogen (secondary N) is 1. The molecule has 1 heterocycles. The van der Waals surface area contributed by atoms with Crippen molar-refractivity contribution in [3.05, 3.63) is 57.8 Å². The lowest BCUT2D eigenvalue weighted by atomic mass is 10.1. The zero-order valence-corrected chi connectivity index (χ0v) is 13.8. The van der Waals surface area contributed by atoms with E-state index in [0.717, 1.165) is 11.1 Å². The first-order valence-corrected chi connectivity index (χ1v) is 7.73. The van der Waals surface area contributed by atoms with Crippen LogP contribution in [-0.4, -0.2) is 17.6 Å². The maximum Gasteiger partial charge on any atom is 0.274 e. The molecule has 0 aliphatic heterocycles. The molecule has 1 aliphatic carbocycles. The van der Waals surface area contributed by atoms with Gasteiger partial charge in [-0.1, -0.05) is 6.07 Å². The van der Waals surface area contributed by atoms with E-state index in [2.05, 4.69) is 5.32 Å². The average molecular weight is 330 g/mol. The van der Waals surface area contributed by atoms with Crippen LogP contribution in [0.4, 0.5) is 10.1 Å².